The predicted molar refractivity (Wildman–Crippen MR) is 82.9 cm³/mol. The first kappa shape index (κ1) is 16.5. The van der Waals surface area contributed by atoms with Crippen molar-refractivity contribution in [2.24, 2.45) is 11.1 Å². The van der Waals surface area contributed by atoms with Crippen molar-refractivity contribution in [3.8, 4) is 5.75 Å². The molecule has 0 radical (unpaired) electrons. The lowest BCUT2D eigenvalue weighted by atomic mass is 9.74. The molecule has 0 fully saturated rings. The molecule has 0 bridgehead atoms. The number of nitrogens with one attached hydrogen (secondary N) is 1. The van der Waals surface area contributed by atoms with Crippen LogP contribution in [0.2, 0.25) is 0 Å². The average molecular weight is 278 g/mol. The molecule has 0 saturated heterocycles. The molecule has 1 amide bonds. The fourth-order valence-electron chi connectivity index (χ4n) is 1.47. The quantitative estimate of drug-likeness (QED) is 0.869. The number of carbonyl (C=O) groups is 1. The van der Waals surface area contributed by atoms with Gasteiger partial charge in [-0.15, -0.1) is 0 Å². The Balaban J connectivity index is 2.77. The molecule has 4 nitrogen and oxygen atoms in total. The van der Waals surface area contributed by atoms with Crippen LogP contribution in [-0.2, 0) is 4.79 Å². The molecule has 1 aromatic rings. The first-order chi connectivity index (χ1) is 9.04. The molecule has 0 unspecified atom stereocenters. The van der Waals surface area contributed by atoms with Crippen molar-refractivity contribution in [1.82, 2.24) is 0 Å². The molecule has 0 spiro atoms. The van der Waals surface area contributed by atoms with Gasteiger partial charge in [0.15, 0.2) is 0 Å². The molecule has 0 aliphatic carbocycles. The Labute approximate surface area is 121 Å². The monoisotopic (exact) mass is 278 g/mol. The number of benzene rings is 1. The molecular weight excluding hydrogens is 252 g/mol. The van der Waals surface area contributed by atoms with Gasteiger partial charge < -0.3 is 15.8 Å². The molecule has 0 atom stereocenters. The zero-order chi connectivity index (χ0) is 15.6. The maximum absolute atomic E-state index is 12.3. The Kier molecular flexibility index (Phi) is 4.81. The lowest BCUT2D eigenvalue weighted by Gasteiger charge is -2.36. The number of anilines is 1. The highest BCUT2D eigenvalue weighted by atomic mass is 16.5. The zero-order valence-electron chi connectivity index (χ0n) is 13.3. The van der Waals surface area contributed by atoms with Gasteiger partial charge in [-0.1, -0.05) is 0 Å². The van der Waals surface area contributed by atoms with Gasteiger partial charge in [0.2, 0.25) is 5.91 Å². The molecule has 112 valence electrons. The van der Waals surface area contributed by atoms with Crippen LogP contribution in [0.1, 0.15) is 41.5 Å². The molecule has 20 heavy (non-hydrogen) atoms. The second kappa shape index (κ2) is 5.83. The van der Waals surface area contributed by atoms with E-state index in [1.165, 1.54) is 0 Å². The van der Waals surface area contributed by atoms with Gasteiger partial charge in [-0.2, -0.15) is 0 Å². The molecule has 0 heterocycles. The Morgan fingerprint density at radius 3 is 2.05 bits per heavy atom. The number of carbonyl (C=O) groups excluding carboxylic acids is 1. The smallest absolute Gasteiger partial charge is 0.231 e. The third kappa shape index (κ3) is 3.97. The number of amides is 1. The Morgan fingerprint density at radius 2 is 1.65 bits per heavy atom. The highest BCUT2D eigenvalue weighted by Gasteiger charge is 2.40. The van der Waals surface area contributed by atoms with E-state index in [1.807, 2.05) is 65.8 Å². The predicted octanol–water partition coefficient (Wildman–Crippen LogP) is 3.18. The van der Waals surface area contributed by atoms with Crippen molar-refractivity contribution in [1.29, 1.82) is 0 Å². The Bertz CT molecular complexity index is 456. The molecule has 0 aromatic heterocycles. The molecule has 0 aliphatic rings. The molecular formula is C16H26N2O2. The number of hydrogen-bond donors (Lipinski definition) is 2. The van der Waals surface area contributed by atoms with Crippen LogP contribution in [0.15, 0.2) is 24.3 Å². The highest BCUT2D eigenvalue weighted by molar-refractivity contribution is 5.95. The van der Waals surface area contributed by atoms with Crippen molar-refractivity contribution >= 4 is 11.6 Å². The SMILES string of the molecule is CC(C)Oc1ccc(NC(=O)C(C)(C)C(C)(C)N)cc1. The van der Waals surface area contributed by atoms with E-state index in [0.29, 0.717) is 0 Å². The first-order valence-corrected chi connectivity index (χ1v) is 6.91. The van der Waals surface area contributed by atoms with E-state index in [1.54, 1.807) is 0 Å². The van der Waals surface area contributed by atoms with Crippen LogP contribution in [0.25, 0.3) is 0 Å². The molecule has 0 saturated carbocycles. The summed E-state index contributed by atoms with van der Waals surface area (Å²) in [6.07, 6.45) is 0.132. The van der Waals surface area contributed by atoms with Crippen molar-refractivity contribution in [3.05, 3.63) is 24.3 Å². The number of ether oxygens (including phenoxy) is 1. The summed E-state index contributed by atoms with van der Waals surface area (Å²) in [6, 6.07) is 7.34. The van der Waals surface area contributed by atoms with Gasteiger partial charge >= 0.3 is 0 Å². The Morgan fingerprint density at radius 1 is 1.15 bits per heavy atom. The summed E-state index contributed by atoms with van der Waals surface area (Å²) < 4.78 is 5.56. The molecule has 3 N–H and O–H groups in total. The van der Waals surface area contributed by atoms with Crippen LogP contribution in [0.3, 0.4) is 0 Å². The van der Waals surface area contributed by atoms with Crippen LogP contribution < -0.4 is 15.8 Å². The van der Waals surface area contributed by atoms with Crippen LogP contribution in [0.4, 0.5) is 5.69 Å². The summed E-state index contributed by atoms with van der Waals surface area (Å²) >= 11 is 0. The van der Waals surface area contributed by atoms with Gasteiger partial charge in [0, 0.05) is 11.2 Å². The minimum atomic E-state index is -0.667. The Hall–Kier alpha value is -1.55. The van der Waals surface area contributed by atoms with Gasteiger partial charge in [-0.25, -0.2) is 0 Å². The lowest BCUT2D eigenvalue weighted by molar-refractivity contribution is -0.126. The summed E-state index contributed by atoms with van der Waals surface area (Å²) in [5, 5.41) is 2.89. The summed E-state index contributed by atoms with van der Waals surface area (Å²) in [4.78, 5) is 12.3. The van der Waals surface area contributed by atoms with Gasteiger partial charge in [-0.05, 0) is 65.8 Å². The topological polar surface area (TPSA) is 64.3 Å². The second-order valence-corrected chi connectivity index (χ2v) is 6.49. The third-order valence-corrected chi connectivity index (χ3v) is 3.66. The molecule has 4 heteroatoms. The van der Waals surface area contributed by atoms with E-state index in [4.69, 9.17) is 10.5 Å². The highest BCUT2D eigenvalue weighted by Crippen LogP contribution is 2.30. The number of nitrogens with two attached hydrogens (primary N) is 1. The molecule has 1 rings (SSSR count). The van der Waals surface area contributed by atoms with E-state index < -0.39 is 11.0 Å². The average Bonchev–Trinajstić information content (AvgIpc) is 2.29. The summed E-state index contributed by atoms with van der Waals surface area (Å²) in [6.45, 7) is 11.3. The maximum atomic E-state index is 12.3. The largest absolute Gasteiger partial charge is 0.491 e. The summed E-state index contributed by atoms with van der Waals surface area (Å²) in [7, 11) is 0. The van der Waals surface area contributed by atoms with E-state index in [2.05, 4.69) is 5.32 Å². The first-order valence-electron chi connectivity index (χ1n) is 6.91. The van der Waals surface area contributed by atoms with Crippen LogP contribution in [0.5, 0.6) is 5.75 Å². The van der Waals surface area contributed by atoms with E-state index in [0.717, 1.165) is 11.4 Å². The van der Waals surface area contributed by atoms with E-state index in [-0.39, 0.29) is 12.0 Å². The summed E-state index contributed by atoms with van der Waals surface area (Å²) in [5.41, 5.74) is 5.54. The molecule has 1 aromatic carbocycles. The van der Waals surface area contributed by atoms with Crippen LogP contribution >= 0.6 is 0 Å². The van der Waals surface area contributed by atoms with Gasteiger partial charge in [-0.3, -0.25) is 4.79 Å². The third-order valence-electron chi connectivity index (χ3n) is 3.66. The van der Waals surface area contributed by atoms with Crippen molar-refractivity contribution < 1.29 is 9.53 Å². The summed E-state index contributed by atoms with van der Waals surface area (Å²) in [5.74, 6) is 0.693. The van der Waals surface area contributed by atoms with Crippen molar-refractivity contribution in [2.75, 3.05) is 5.32 Å². The number of hydrogen-bond acceptors (Lipinski definition) is 3. The fourth-order valence-corrected chi connectivity index (χ4v) is 1.47. The number of rotatable bonds is 5. The second-order valence-electron chi connectivity index (χ2n) is 6.49. The van der Waals surface area contributed by atoms with Crippen LogP contribution in [-0.4, -0.2) is 17.6 Å². The van der Waals surface area contributed by atoms with Crippen LogP contribution in [0, 0.1) is 5.41 Å². The minimum absolute atomic E-state index is 0.0949. The van der Waals surface area contributed by atoms with Gasteiger partial charge in [0.25, 0.3) is 0 Å². The lowest BCUT2D eigenvalue weighted by Crippen LogP contribution is -2.53. The minimum Gasteiger partial charge on any atom is -0.491 e. The van der Waals surface area contributed by atoms with Gasteiger partial charge in [0.1, 0.15) is 5.75 Å². The van der Waals surface area contributed by atoms with E-state index in [9.17, 15) is 4.79 Å². The van der Waals surface area contributed by atoms with Crippen molar-refractivity contribution in [2.45, 2.75) is 53.2 Å². The molecule has 0 aliphatic heterocycles. The van der Waals surface area contributed by atoms with Crippen molar-refractivity contribution in [3.63, 3.8) is 0 Å². The van der Waals surface area contributed by atoms with E-state index >= 15 is 0 Å². The standard InChI is InChI=1S/C16H26N2O2/c1-11(2)20-13-9-7-12(8-10-13)18-14(19)15(3,4)16(5,6)17/h7-11H,17H2,1-6H3,(H,18,19). The van der Waals surface area contributed by atoms with Gasteiger partial charge in [0.05, 0.1) is 11.5 Å². The fraction of sp³-hybridized carbons (Fsp3) is 0.562. The maximum Gasteiger partial charge on any atom is 0.231 e. The normalized spacial score (nSPS) is 12.4. The zero-order valence-corrected chi connectivity index (χ0v) is 13.3.